The number of aliphatic hydroxyl groups excluding tert-OH is 1. The summed E-state index contributed by atoms with van der Waals surface area (Å²) >= 11 is 0. The lowest BCUT2D eigenvalue weighted by atomic mass is 9.93. The summed E-state index contributed by atoms with van der Waals surface area (Å²) in [5, 5.41) is 8.69. The minimum Gasteiger partial charge on any atom is -0.396 e. The normalized spacial score (nSPS) is 16.0. The SMILES string of the molecule is CCCCC(C)(CCCO)OC. The van der Waals surface area contributed by atoms with Crippen molar-refractivity contribution in [2.24, 2.45) is 0 Å². The van der Waals surface area contributed by atoms with E-state index in [0.29, 0.717) is 0 Å². The molecule has 0 radical (unpaired) electrons. The van der Waals surface area contributed by atoms with Crippen LogP contribution in [0.1, 0.15) is 46.0 Å². The van der Waals surface area contributed by atoms with E-state index in [1.54, 1.807) is 7.11 Å². The molecule has 0 aromatic heterocycles. The lowest BCUT2D eigenvalue weighted by Gasteiger charge is -2.27. The third-order valence-electron chi connectivity index (χ3n) is 2.42. The first kappa shape index (κ1) is 11.9. The molecule has 74 valence electrons. The molecule has 0 aliphatic carbocycles. The van der Waals surface area contributed by atoms with Gasteiger partial charge in [0.15, 0.2) is 0 Å². The van der Waals surface area contributed by atoms with Crippen LogP contribution in [0.25, 0.3) is 0 Å². The van der Waals surface area contributed by atoms with Crippen molar-refractivity contribution in [1.82, 2.24) is 0 Å². The number of methoxy groups -OCH3 is 1. The molecular weight excluding hydrogens is 152 g/mol. The molecule has 0 aliphatic rings. The summed E-state index contributed by atoms with van der Waals surface area (Å²) in [7, 11) is 1.76. The highest BCUT2D eigenvalue weighted by molar-refractivity contribution is 4.74. The third kappa shape index (κ3) is 4.73. The van der Waals surface area contributed by atoms with E-state index in [0.717, 1.165) is 19.3 Å². The Morgan fingerprint density at radius 1 is 1.25 bits per heavy atom. The molecule has 0 heterocycles. The zero-order valence-corrected chi connectivity index (χ0v) is 8.60. The van der Waals surface area contributed by atoms with E-state index in [1.165, 1.54) is 12.8 Å². The second-order valence-electron chi connectivity index (χ2n) is 3.58. The topological polar surface area (TPSA) is 29.5 Å². The van der Waals surface area contributed by atoms with Crippen molar-refractivity contribution in [2.75, 3.05) is 13.7 Å². The van der Waals surface area contributed by atoms with Gasteiger partial charge in [0.1, 0.15) is 0 Å². The maximum Gasteiger partial charge on any atom is 0.0651 e. The second-order valence-corrected chi connectivity index (χ2v) is 3.58. The number of hydrogen-bond acceptors (Lipinski definition) is 2. The maximum absolute atomic E-state index is 8.69. The fourth-order valence-corrected chi connectivity index (χ4v) is 1.33. The van der Waals surface area contributed by atoms with Gasteiger partial charge in [-0.3, -0.25) is 0 Å². The molecule has 0 saturated carbocycles. The Kier molecular flexibility index (Phi) is 6.39. The Hall–Kier alpha value is -0.0800. The van der Waals surface area contributed by atoms with Gasteiger partial charge in [-0.15, -0.1) is 0 Å². The van der Waals surface area contributed by atoms with Gasteiger partial charge in [0, 0.05) is 13.7 Å². The van der Waals surface area contributed by atoms with Gasteiger partial charge in [0.2, 0.25) is 0 Å². The van der Waals surface area contributed by atoms with Crippen LogP contribution in [-0.4, -0.2) is 24.4 Å². The van der Waals surface area contributed by atoms with Crippen LogP contribution in [0.4, 0.5) is 0 Å². The van der Waals surface area contributed by atoms with Gasteiger partial charge >= 0.3 is 0 Å². The van der Waals surface area contributed by atoms with Crippen molar-refractivity contribution < 1.29 is 9.84 Å². The minimum atomic E-state index is -0.0151. The van der Waals surface area contributed by atoms with Crippen molar-refractivity contribution in [3.8, 4) is 0 Å². The van der Waals surface area contributed by atoms with Gasteiger partial charge in [-0.05, 0) is 26.2 Å². The molecule has 0 rings (SSSR count). The average Bonchev–Trinajstić information content (AvgIpc) is 2.11. The highest BCUT2D eigenvalue weighted by Gasteiger charge is 2.21. The largest absolute Gasteiger partial charge is 0.396 e. The second kappa shape index (κ2) is 6.44. The standard InChI is InChI=1S/C10H22O2/c1-4-5-7-10(2,12-3)8-6-9-11/h11H,4-9H2,1-3H3. The molecule has 0 aromatic carbocycles. The van der Waals surface area contributed by atoms with Crippen molar-refractivity contribution in [3.05, 3.63) is 0 Å². The van der Waals surface area contributed by atoms with Crippen molar-refractivity contribution in [1.29, 1.82) is 0 Å². The predicted molar refractivity (Wildman–Crippen MR) is 51.3 cm³/mol. The van der Waals surface area contributed by atoms with Crippen molar-refractivity contribution in [2.45, 2.75) is 51.6 Å². The van der Waals surface area contributed by atoms with E-state index in [-0.39, 0.29) is 12.2 Å². The van der Waals surface area contributed by atoms with Crippen LogP contribution in [0.2, 0.25) is 0 Å². The Bertz CT molecular complexity index is 94.0. The Balaban J connectivity index is 3.70. The summed E-state index contributed by atoms with van der Waals surface area (Å²) in [6.45, 7) is 4.57. The number of ether oxygens (including phenoxy) is 1. The van der Waals surface area contributed by atoms with Crippen LogP contribution in [0.3, 0.4) is 0 Å². The lowest BCUT2D eigenvalue weighted by Crippen LogP contribution is -2.27. The van der Waals surface area contributed by atoms with Gasteiger partial charge in [-0.25, -0.2) is 0 Å². The maximum atomic E-state index is 8.69. The third-order valence-corrected chi connectivity index (χ3v) is 2.42. The van der Waals surface area contributed by atoms with Crippen LogP contribution in [-0.2, 0) is 4.74 Å². The summed E-state index contributed by atoms with van der Waals surface area (Å²) in [4.78, 5) is 0. The summed E-state index contributed by atoms with van der Waals surface area (Å²) in [5.41, 5.74) is -0.0151. The van der Waals surface area contributed by atoms with Crippen LogP contribution in [0.5, 0.6) is 0 Å². The molecule has 0 amide bonds. The molecule has 2 nitrogen and oxygen atoms in total. The summed E-state index contributed by atoms with van der Waals surface area (Å²) in [6.07, 6.45) is 5.31. The first-order valence-corrected chi connectivity index (χ1v) is 4.84. The van der Waals surface area contributed by atoms with Crippen molar-refractivity contribution >= 4 is 0 Å². The van der Waals surface area contributed by atoms with Crippen LogP contribution in [0, 0.1) is 0 Å². The molecule has 0 fully saturated rings. The first-order valence-electron chi connectivity index (χ1n) is 4.84. The predicted octanol–water partition coefficient (Wildman–Crippen LogP) is 2.35. The smallest absolute Gasteiger partial charge is 0.0651 e. The van der Waals surface area contributed by atoms with Gasteiger partial charge in [-0.2, -0.15) is 0 Å². The molecule has 0 spiro atoms. The zero-order valence-electron chi connectivity index (χ0n) is 8.60. The fraction of sp³-hybridized carbons (Fsp3) is 1.00. The van der Waals surface area contributed by atoms with Gasteiger partial charge in [-0.1, -0.05) is 19.8 Å². The van der Waals surface area contributed by atoms with Crippen LogP contribution >= 0.6 is 0 Å². The molecule has 0 aliphatic heterocycles. The number of unbranched alkanes of at least 4 members (excludes halogenated alkanes) is 1. The fourth-order valence-electron chi connectivity index (χ4n) is 1.33. The average molecular weight is 174 g/mol. The number of hydrogen-bond donors (Lipinski definition) is 1. The molecule has 1 N–H and O–H groups in total. The van der Waals surface area contributed by atoms with E-state index in [9.17, 15) is 0 Å². The van der Waals surface area contributed by atoms with Gasteiger partial charge in [0.05, 0.1) is 5.60 Å². The highest BCUT2D eigenvalue weighted by Crippen LogP contribution is 2.23. The lowest BCUT2D eigenvalue weighted by molar-refractivity contribution is -0.0141. The Morgan fingerprint density at radius 2 is 1.83 bits per heavy atom. The molecule has 1 unspecified atom stereocenters. The first-order chi connectivity index (χ1) is 5.68. The molecule has 0 aromatic rings. The molecule has 0 saturated heterocycles. The van der Waals surface area contributed by atoms with Crippen molar-refractivity contribution in [3.63, 3.8) is 0 Å². The van der Waals surface area contributed by atoms with Gasteiger partial charge in [0.25, 0.3) is 0 Å². The summed E-state index contributed by atoms with van der Waals surface area (Å²) in [6, 6.07) is 0. The minimum absolute atomic E-state index is 0.0151. The number of rotatable bonds is 7. The summed E-state index contributed by atoms with van der Waals surface area (Å²) in [5.74, 6) is 0. The van der Waals surface area contributed by atoms with E-state index >= 15 is 0 Å². The molecule has 1 atom stereocenters. The van der Waals surface area contributed by atoms with E-state index in [2.05, 4.69) is 13.8 Å². The molecule has 2 heteroatoms. The van der Waals surface area contributed by atoms with E-state index < -0.39 is 0 Å². The zero-order chi connectivity index (χ0) is 9.45. The Labute approximate surface area is 75.9 Å². The number of aliphatic hydroxyl groups is 1. The summed E-state index contributed by atoms with van der Waals surface area (Å²) < 4.78 is 5.43. The Morgan fingerprint density at radius 3 is 2.25 bits per heavy atom. The quantitative estimate of drug-likeness (QED) is 0.642. The van der Waals surface area contributed by atoms with Crippen LogP contribution in [0.15, 0.2) is 0 Å². The molecule has 0 bridgehead atoms. The van der Waals surface area contributed by atoms with E-state index in [4.69, 9.17) is 9.84 Å². The van der Waals surface area contributed by atoms with E-state index in [1.807, 2.05) is 0 Å². The van der Waals surface area contributed by atoms with Crippen LogP contribution < -0.4 is 0 Å². The monoisotopic (exact) mass is 174 g/mol. The van der Waals surface area contributed by atoms with Gasteiger partial charge < -0.3 is 9.84 Å². The molecule has 12 heavy (non-hydrogen) atoms. The molecular formula is C10H22O2. The highest BCUT2D eigenvalue weighted by atomic mass is 16.5.